The molecule has 1 unspecified atom stereocenters. The van der Waals surface area contributed by atoms with E-state index in [2.05, 4.69) is 0 Å². The SMILES string of the molecule is CC(OC(=O)c1ccc(Cl)c(S(N)(=O)=O)c1)C(=O)C12CC3CC(CC(C3)C1)C2. The van der Waals surface area contributed by atoms with Gasteiger partial charge in [0.2, 0.25) is 10.0 Å². The number of esters is 1. The van der Waals surface area contributed by atoms with Gasteiger partial charge in [0.15, 0.2) is 11.9 Å². The molecule has 0 saturated heterocycles. The number of carbonyl (C=O) groups is 2. The van der Waals surface area contributed by atoms with Crippen LogP contribution in [-0.4, -0.2) is 26.3 Å². The fraction of sp³-hybridized carbons (Fsp3) is 0.600. The molecule has 152 valence electrons. The van der Waals surface area contributed by atoms with Crippen LogP contribution in [0.25, 0.3) is 0 Å². The first-order valence-corrected chi connectivity index (χ1v) is 11.6. The van der Waals surface area contributed by atoms with E-state index in [-0.39, 0.29) is 26.7 Å². The maximum atomic E-state index is 13.2. The molecular formula is C20H24ClNO5S. The minimum atomic E-state index is -4.07. The number of carbonyl (C=O) groups excluding carboxylic acids is 2. The van der Waals surface area contributed by atoms with Gasteiger partial charge in [0.25, 0.3) is 0 Å². The van der Waals surface area contributed by atoms with Crippen LogP contribution in [-0.2, 0) is 19.6 Å². The molecule has 2 N–H and O–H groups in total. The standard InChI is InChI=1S/C20H24ClNO5S/c1-11(18(23)20-8-12-4-13(9-20)6-14(5-12)10-20)27-19(24)15-2-3-16(21)17(7-15)28(22,25)26/h2-3,7,11-14H,4-6,8-10H2,1H3,(H2,22,25,26). The predicted molar refractivity (Wildman–Crippen MR) is 103 cm³/mol. The van der Waals surface area contributed by atoms with E-state index in [1.165, 1.54) is 31.4 Å². The zero-order valence-corrected chi connectivity index (χ0v) is 17.3. The highest BCUT2D eigenvalue weighted by atomic mass is 35.5. The number of ether oxygens (including phenoxy) is 1. The first-order chi connectivity index (χ1) is 13.1. The highest BCUT2D eigenvalue weighted by Crippen LogP contribution is 2.60. The minimum Gasteiger partial charge on any atom is -0.451 e. The second-order valence-corrected chi connectivity index (χ2v) is 10.7. The Kier molecular flexibility index (Phi) is 4.83. The molecule has 1 aromatic rings. The van der Waals surface area contributed by atoms with E-state index in [1.807, 2.05) is 0 Å². The van der Waals surface area contributed by atoms with Crippen molar-refractivity contribution in [2.24, 2.45) is 28.3 Å². The second kappa shape index (κ2) is 6.82. The second-order valence-electron chi connectivity index (χ2n) is 8.80. The van der Waals surface area contributed by atoms with Crippen LogP contribution in [0.1, 0.15) is 55.8 Å². The fourth-order valence-electron chi connectivity index (χ4n) is 5.97. The summed E-state index contributed by atoms with van der Waals surface area (Å²) in [6.07, 6.45) is 5.49. The van der Waals surface area contributed by atoms with Crippen molar-refractivity contribution in [3.05, 3.63) is 28.8 Å². The van der Waals surface area contributed by atoms with Gasteiger partial charge in [-0.25, -0.2) is 18.4 Å². The van der Waals surface area contributed by atoms with Gasteiger partial charge in [-0.3, -0.25) is 4.79 Å². The number of Topliss-reactive ketones (excluding diaryl/α,β-unsaturated/α-hetero) is 1. The number of halogens is 1. The molecule has 6 nitrogen and oxygen atoms in total. The average Bonchev–Trinajstić information content (AvgIpc) is 2.59. The minimum absolute atomic E-state index is 0.000540. The Balaban J connectivity index is 1.50. The number of benzene rings is 1. The van der Waals surface area contributed by atoms with E-state index in [4.69, 9.17) is 21.5 Å². The van der Waals surface area contributed by atoms with Crippen LogP contribution >= 0.6 is 11.6 Å². The molecule has 0 radical (unpaired) electrons. The van der Waals surface area contributed by atoms with Crippen molar-refractivity contribution in [2.75, 3.05) is 0 Å². The van der Waals surface area contributed by atoms with Gasteiger partial charge in [-0.1, -0.05) is 11.6 Å². The van der Waals surface area contributed by atoms with Crippen LogP contribution < -0.4 is 5.14 Å². The quantitative estimate of drug-likeness (QED) is 0.728. The molecule has 1 atom stereocenters. The number of hydrogen-bond acceptors (Lipinski definition) is 5. The highest BCUT2D eigenvalue weighted by Gasteiger charge is 2.55. The van der Waals surface area contributed by atoms with E-state index < -0.39 is 22.1 Å². The van der Waals surface area contributed by atoms with E-state index in [1.54, 1.807) is 6.92 Å². The molecule has 4 saturated carbocycles. The molecule has 0 aliphatic heterocycles. The van der Waals surface area contributed by atoms with Gasteiger partial charge in [-0.15, -0.1) is 0 Å². The Morgan fingerprint density at radius 3 is 2.18 bits per heavy atom. The molecule has 0 aromatic heterocycles. The molecule has 0 amide bonds. The van der Waals surface area contributed by atoms with Crippen molar-refractivity contribution in [1.82, 2.24) is 0 Å². The monoisotopic (exact) mass is 425 g/mol. The third-order valence-electron chi connectivity index (χ3n) is 6.69. The Hall–Kier alpha value is -1.44. The predicted octanol–water partition coefficient (Wildman–Crippen LogP) is 3.32. The zero-order valence-electron chi connectivity index (χ0n) is 15.7. The summed E-state index contributed by atoms with van der Waals surface area (Å²) >= 11 is 5.85. The Labute approximate surface area is 169 Å². The third kappa shape index (κ3) is 3.48. The first-order valence-electron chi connectivity index (χ1n) is 9.65. The lowest BCUT2D eigenvalue weighted by molar-refractivity contribution is -0.152. The lowest BCUT2D eigenvalue weighted by Crippen LogP contribution is -2.52. The smallest absolute Gasteiger partial charge is 0.338 e. The van der Waals surface area contributed by atoms with E-state index >= 15 is 0 Å². The van der Waals surface area contributed by atoms with E-state index in [0.717, 1.165) is 25.3 Å². The molecule has 4 fully saturated rings. The molecule has 5 rings (SSSR count). The molecular weight excluding hydrogens is 402 g/mol. The topological polar surface area (TPSA) is 104 Å². The van der Waals surface area contributed by atoms with Crippen LogP contribution in [0, 0.1) is 23.2 Å². The molecule has 0 spiro atoms. The largest absolute Gasteiger partial charge is 0.451 e. The summed E-state index contributed by atoms with van der Waals surface area (Å²) < 4.78 is 28.6. The van der Waals surface area contributed by atoms with E-state index in [9.17, 15) is 18.0 Å². The van der Waals surface area contributed by atoms with Gasteiger partial charge in [0, 0.05) is 5.41 Å². The number of hydrogen-bond donors (Lipinski definition) is 1. The van der Waals surface area contributed by atoms with Gasteiger partial charge in [0.1, 0.15) is 4.90 Å². The maximum absolute atomic E-state index is 13.2. The Morgan fingerprint density at radius 1 is 1.14 bits per heavy atom. The van der Waals surface area contributed by atoms with Gasteiger partial charge in [-0.2, -0.15) is 0 Å². The van der Waals surface area contributed by atoms with Crippen LogP contribution in [0.5, 0.6) is 0 Å². The summed E-state index contributed by atoms with van der Waals surface area (Å²) in [7, 11) is -4.07. The van der Waals surface area contributed by atoms with Crippen LogP contribution in [0.2, 0.25) is 5.02 Å². The lowest BCUT2D eigenvalue weighted by atomic mass is 9.48. The van der Waals surface area contributed by atoms with Crippen molar-refractivity contribution in [1.29, 1.82) is 0 Å². The number of primary sulfonamides is 1. The molecule has 4 aliphatic rings. The van der Waals surface area contributed by atoms with Gasteiger partial charge >= 0.3 is 5.97 Å². The summed E-state index contributed by atoms with van der Waals surface area (Å²) in [5, 5.41) is 5.05. The number of ketones is 1. The first kappa shape index (κ1) is 19.9. The summed E-state index contributed by atoms with van der Waals surface area (Å²) in [5.74, 6) is 1.10. The highest BCUT2D eigenvalue weighted by molar-refractivity contribution is 7.89. The normalized spacial score (nSPS) is 32.2. The lowest BCUT2D eigenvalue weighted by Gasteiger charge is -2.56. The van der Waals surface area contributed by atoms with Crippen molar-refractivity contribution in [3.63, 3.8) is 0 Å². The number of nitrogens with two attached hydrogens (primary N) is 1. The van der Waals surface area contributed by atoms with Crippen molar-refractivity contribution >= 4 is 33.4 Å². The number of sulfonamides is 1. The van der Waals surface area contributed by atoms with Crippen molar-refractivity contribution in [2.45, 2.75) is 56.4 Å². The third-order valence-corrected chi connectivity index (χ3v) is 8.08. The molecule has 4 bridgehead atoms. The van der Waals surface area contributed by atoms with Crippen LogP contribution in [0.3, 0.4) is 0 Å². The molecule has 1 aromatic carbocycles. The summed E-state index contributed by atoms with van der Waals surface area (Å²) in [4.78, 5) is 25.4. The summed E-state index contributed by atoms with van der Waals surface area (Å²) in [6.45, 7) is 1.61. The summed E-state index contributed by atoms with van der Waals surface area (Å²) in [6, 6.07) is 3.73. The van der Waals surface area contributed by atoms with Gasteiger partial charge < -0.3 is 4.74 Å². The van der Waals surface area contributed by atoms with Gasteiger partial charge in [0.05, 0.1) is 10.6 Å². The average molecular weight is 426 g/mol. The fourth-order valence-corrected chi connectivity index (χ4v) is 7.05. The molecule has 4 aliphatic carbocycles. The number of rotatable bonds is 5. The van der Waals surface area contributed by atoms with Crippen LogP contribution in [0.4, 0.5) is 0 Å². The van der Waals surface area contributed by atoms with Crippen molar-refractivity contribution < 1.29 is 22.7 Å². The zero-order chi connectivity index (χ0) is 20.3. The Morgan fingerprint density at radius 2 is 1.68 bits per heavy atom. The van der Waals surface area contributed by atoms with Crippen molar-refractivity contribution in [3.8, 4) is 0 Å². The van der Waals surface area contributed by atoms with Gasteiger partial charge in [-0.05, 0) is 81.4 Å². The van der Waals surface area contributed by atoms with Crippen LogP contribution in [0.15, 0.2) is 23.1 Å². The summed E-state index contributed by atoms with van der Waals surface area (Å²) in [5.41, 5.74) is -0.362. The Bertz CT molecular complexity index is 907. The molecule has 0 heterocycles. The maximum Gasteiger partial charge on any atom is 0.338 e. The molecule has 8 heteroatoms. The molecule has 28 heavy (non-hydrogen) atoms. The van der Waals surface area contributed by atoms with E-state index in [0.29, 0.717) is 17.8 Å².